The lowest BCUT2D eigenvalue weighted by Gasteiger charge is -2.37. The SMILES string of the molecule is CCNC(=NCC(C)N1CCOCC1C)NCCc1ccc(F)cc1C. The summed E-state index contributed by atoms with van der Waals surface area (Å²) >= 11 is 0. The molecule has 1 heterocycles. The minimum atomic E-state index is -0.180. The molecular formula is C20H33FN4O. The summed E-state index contributed by atoms with van der Waals surface area (Å²) in [7, 11) is 0. The van der Waals surface area contributed by atoms with Gasteiger partial charge in [0.05, 0.1) is 19.8 Å². The quantitative estimate of drug-likeness (QED) is 0.576. The van der Waals surface area contributed by atoms with Crippen molar-refractivity contribution in [2.45, 2.75) is 46.2 Å². The second-order valence-electron chi connectivity index (χ2n) is 6.98. The van der Waals surface area contributed by atoms with Crippen LogP contribution < -0.4 is 10.6 Å². The van der Waals surface area contributed by atoms with Gasteiger partial charge in [-0.05, 0) is 57.4 Å². The highest BCUT2D eigenvalue weighted by Gasteiger charge is 2.23. The van der Waals surface area contributed by atoms with Crippen LogP contribution in [0.2, 0.25) is 0 Å². The van der Waals surface area contributed by atoms with Crippen molar-refractivity contribution >= 4 is 5.96 Å². The Labute approximate surface area is 157 Å². The van der Waals surface area contributed by atoms with Crippen LogP contribution in [0.4, 0.5) is 4.39 Å². The van der Waals surface area contributed by atoms with E-state index in [1.165, 1.54) is 6.07 Å². The molecule has 2 unspecified atom stereocenters. The average Bonchev–Trinajstić information content (AvgIpc) is 2.61. The predicted molar refractivity (Wildman–Crippen MR) is 105 cm³/mol. The maximum atomic E-state index is 13.2. The Balaban J connectivity index is 1.85. The van der Waals surface area contributed by atoms with Crippen molar-refractivity contribution in [3.8, 4) is 0 Å². The second kappa shape index (κ2) is 10.5. The van der Waals surface area contributed by atoms with Crippen LogP contribution in [-0.2, 0) is 11.2 Å². The summed E-state index contributed by atoms with van der Waals surface area (Å²) in [6.45, 7) is 13.3. The lowest BCUT2D eigenvalue weighted by molar-refractivity contribution is -0.0165. The van der Waals surface area contributed by atoms with Gasteiger partial charge in [0, 0.05) is 31.7 Å². The van der Waals surface area contributed by atoms with Crippen LogP contribution >= 0.6 is 0 Å². The van der Waals surface area contributed by atoms with Gasteiger partial charge in [0.25, 0.3) is 0 Å². The van der Waals surface area contributed by atoms with Crippen LogP contribution in [0, 0.1) is 12.7 Å². The van der Waals surface area contributed by atoms with Gasteiger partial charge in [0.2, 0.25) is 0 Å². The first kappa shape index (κ1) is 20.6. The molecule has 1 aliphatic heterocycles. The number of rotatable bonds is 7. The number of nitrogens with one attached hydrogen (secondary N) is 2. The van der Waals surface area contributed by atoms with Crippen molar-refractivity contribution in [2.24, 2.45) is 4.99 Å². The highest BCUT2D eigenvalue weighted by molar-refractivity contribution is 5.79. The Hall–Kier alpha value is -1.66. The minimum absolute atomic E-state index is 0.180. The number of hydrogen-bond donors (Lipinski definition) is 2. The summed E-state index contributed by atoms with van der Waals surface area (Å²) in [4.78, 5) is 7.20. The number of ether oxygens (including phenoxy) is 1. The molecule has 2 rings (SSSR count). The molecule has 6 heteroatoms. The predicted octanol–water partition coefficient (Wildman–Crippen LogP) is 2.34. The van der Waals surface area contributed by atoms with E-state index in [2.05, 4.69) is 36.3 Å². The number of aliphatic imine (C=N–C) groups is 1. The maximum Gasteiger partial charge on any atom is 0.191 e. The van der Waals surface area contributed by atoms with E-state index in [1.54, 1.807) is 6.07 Å². The van der Waals surface area contributed by atoms with Gasteiger partial charge in [-0.15, -0.1) is 0 Å². The topological polar surface area (TPSA) is 48.9 Å². The Kier molecular flexibility index (Phi) is 8.32. The zero-order chi connectivity index (χ0) is 18.9. The molecule has 26 heavy (non-hydrogen) atoms. The fourth-order valence-corrected chi connectivity index (χ4v) is 3.32. The van der Waals surface area contributed by atoms with Gasteiger partial charge in [-0.2, -0.15) is 0 Å². The van der Waals surface area contributed by atoms with E-state index in [0.717, 1.165) is 62.9 Å². The molecule has 0 amide bonds. The number of halogens is 1. The minimum Gasteiger partial charge on any atom is -0.379 e. The molecule has 0 aliphatic carbocycles. The van der Waals surface area contributed by atoms with Gasteiger partial charge >= 0.3 is 0 Å². The molecule has 0 aromatic heterocycles. The first-order valence-corrected chi connectivity index (χ1v) is 9.62. The van der Waals surface area contributed by atoms with Crippen molar-refractivity contribution in [3.05, 3.63) is 35.1 Å². The smallest absolute Gasteiger partial charge is 0.191 e. The molecule has 1 fully saturated rings. The van der Waals surface area contributed by atoms with Gasteiger partial charge in [-0.25, -0.2) is 4.39 Å². The Morgan fingerprint density at radius 3 is 2.92 bits per heavy atom. The molecule has 146 valence electrons. The molecule has 1 aliphatic rings. The van der Waals surface area contributed by atoms with Crippen LogP contribution in [0.15, 0.2) is 23.2 Å². The Bertz CT molecular complexity index is 593. The van der Waals surface area contributed by atoms with Crippen LogP contribution in [0.25, 0.3) is 0 Å². The summed E-state index contributed by atoms with van der Waals surface area (Å²) in [5.41, 5.74) is 2.15. The summed E-state index contributed by atoms with van der Waals surface area (Å²) in [6.07, 6.45) is 0.840. The molecule has 2 N–H and O–H groups in total. The van der Waals surface area contributed by atoms with E-state index in [-0.39, 0.29) is 5.82 Å². The fourth-order valence-electron chi connectivity index (χ4n) is 3.32. The summed E-state index contributed by atoms with van der Waals surface area (Å²) in [5, 5.41) is 6.68. The number of guanidine groups is 1. The van der Waals surface area contributed by atoms with E-state index in [4.69, 9.17) is 9.73 Å². The molecule has 0 saturated carbocycles. The number of nitrogens with zero attached hydrogens (tertiary/aromatic N) is 2. The van der Waals surface area contributed by atoms with Gasteiger partial charge in [-0.1, -0.05) is 6.07 Å². The van der Waals surface area contributed by atoms with Crippen molar-refractivity contribution in [3.63, 3.8) is 0 Å². The standard InChI is InChI=1S/C20H33FN4O/c1-5-22-20(23-9-8-18-6-7-19(21)12-15(18)2)24-13-16(3)25-10-11-26-14-17(25)4/h6-7,12,16-17H,5,8-11,13-14H2,1-4H3,(H2,22,23,24). The van der Waals surface area contributed by atoms with Crippen molar-refractivity contribution in [1.82, 2.24) is 15.5 Å². The van der Waals surface area contributed by atoms with Gasteiger partial charge in [-0.3, -0.25) is 9.89 Å². The van der Waals surface area contributed by atoms with E-state index in [0.29, 0.717) is 12.1 Å². The first-order valence-electron chi connectivity index (χ1n) is 9.62. The average molecular weight is 365 g/mol. The molecule has 0 bridgehead atoms. The highest BCUT2D eigenvalue weighted by Crippen LogP contribution is 2.11. The van der Waals surface area contributed by atoms with Crippen molar-refractivity contribution < 1.29 is 9.13 Å². The zero-order valence-electron chi connectivity index (χ0n) is 16.5. The van der Waals surface area contributed by atoms with E-state index >= 15 is 0 Å². The van der Waals surface area contributed by atoms with Crippen molar-refractivity contribution in [2.75, 3.05) is 39.4 Å². The van der Waals surface area contributed by atoms with E-state index < -0.39 is 0 Å². The summed E-state index contributed by atoms with van der Waals surface area (Å²) < 4.78 is 18.7. The van der Waals surface area contributed by atoms with Gasteiger partial charge in [0.1, 0.15) is 5.82 Å². The fraction of sp³-hybridized carbons (Fsp3) is 0.650. The largest absolute Gasteiger partial charge is 0.379 e. The lowest BCUT2D eigenvalue weighted by atomic mass is 10.1. The maximum absolute atomic E-state index is 13.2. The number of benzene rings is 1. The third-order valence-corrected chi connectivity index (χ3v) is 4.83. The van der Waals surface area contributed by atoms with Crippen LogP contribution in [-0.4, -0.2) is 62.3 Å². The molecule has 1 saturated heterocycles. The summed E-state index contributed by atoms with van der Waals surface area (Å²) in [6, 6.07) is 5.78. The van der Waals surface area contributed by atoms with Crippen LogP contribution in [0.3, 0.4) is 0 Å². The van der Waals surface area contributed by atoms with E-state index in [1.807, 2.05) is 13.0 Å². The Morgan fingerprint density at radius 1 is 1.42 bits per heavy atom. The van der Waals surface area contributed by atoms with E-state index in [9.17, 15) is 4.39 Å². The zero-order valence-corrected chi connectivity index (χ0v) is 16.5. The third kappa shape index (κ3) is 6.25. The molecular weight excluding hydrogens is 331 g/mol. The lowest BCUT2D eigenvalue weighted by Crippen LogP contribution is -2.49. The van der Waals surface area contributed by atoms with Crippen molar-refractivity contribution in [1.29, 1.82) is 0 Å². The monoisotopic (exact) mass is 364 g/mol. The van der Waals surface area contributed by atoms with Crippen LogP contribution in [0.1, 0.15) is 31.9 Å². The molecule has 0 radical (unpaired) electrons. The molecule has 1 aromatic carbocycles. The number of hydrogen-bond acceptors (Lipinski definition) is 3. The summed E-state index contributed by atoms with van der Waals surface area (Å²) in [5.74, 6) is 0.653. The molecule has 1 aromatic rings. The van der Waals surface area contributed by atoms with Gasteiger partial charge in [0.15, 0.2) is 5.96 Å². The number of morpholine rings is 1. The first-order chi connectivity index (χ1) is 12.5. The normalized spacial score (nSPS) is 20.0. The molecule has 5 nitrogen and oxygen atoms in total. The third-order valence-electron chi connectivity index (χ3n) is 4.83. The molecule has 0 spiro atoms. The van der Waals surface area contributed by atoms with Crippen LogP contribution in [0.5, 0.6) is 0 Å². The highest BCUT2D eigenvalue weighted by atomic mass is 19.1. The second-order valence-corrected chi connectivity index (χ2v) is 6.98. The Morgan fingerprint density at radius 2 is 2.23 bits per heavy atom. The number of aryl methyl sites for hydroxylation is 1. The molecule has 2 atom stereocenters. The van der Waals surface area contributed by atoms with Gasteiger partial charge < -0.3 is 15.4 Å².